The third-order valence-corrected chi connectivity index (χ3v) is 4.13. The fourth-order valence-electron chi connectivity index (χ4n) is 2.80. The van der Waals surface area contributed by atoms with Gasteiger partial charge in [-0.15, -0.1) is 0 Å². The lowest BCUT2D eigenvalue weighted by molar-refractivity contribution is 0.498. The maximum Gasteiger partial charge on any atom is 0.245 e. The van der Waals surface area contributed by atoms with Gasteiger partial charge in [-0.3, -0.25) is 4.98 Å². The molecule has 116 valence electrons. The Bertz CT molecular complexity index is 845. The molecular formula is C18H16FN3O. The first-order valence-corrected chi connectivity index (χ1v) is 7.62. The number of anilines is 1. The molecule has 0 spiro atoms. The SMILES string of the molecule is Cc1ccc(N2CCc3oc(-c4ccccn4)nc3C2)cc1F. The van der Waals surface area contributed by atoms with E-state index >= 15 is 0 Å². The lowest BCUT2D eigenvalue weighted by Gasteiger charge is -2.27. The average Bonchev–Trinajstić information content (AvgIpc) is 3.01. The number of fused-ring (bicyclic) bond motifs is 1. The first kappa shape index (κ1) is 13.9. The number of aromatic nitrogens is 2. The molecule has 23 heavy (non-hydrogen) atoms. The van der Waals surface area contributed by atoms with Gasteiger partial charge in [0.1, 0.15) is 23.0 Å². The van der Waals surface area contributed by atoms with Gasteiger partial charge in [0, 0.05) is 24.8 Å². The molecule has 0 bridgehead atoms. The van der Waals surface area contributed by atoms with Gasteiger partial charge in [-0.05, 0) is 36.8 Å². The smallest absolute Gasteiger partial charge is 0.245 e. The summed E-state index contributed by atoms with van der Waals surface area (Å²) in [5.74, 6) is 1.27. The number of halogens is 1. The van der Waals surface area contributed by atoms with Crippen molar-refractivity contribution in [1.82, 2.24) is 9.97 Å². The Labute approximate surface area is 133 Å². The fourth-order valence-corrected chi connectivity index (χ4v) is 2.80. The summed E-state index contributed by atoms with van der Waals surface area (Å²) in [6.45, 7) is 3.17. The van der Waals surface area contributed by atoms with E-state index in [1.54, 1.807) is 19.2 Å². The van der Waals surface area contributed by atoms with Crippen LogP contribution >= 0.6 is 0 Å². The summed E-state index contributed by atoms with van der Waals surface area (Å²) >= 11 is 0. The minimum atomic E-state index is -0.178. The summed E-state index contributed by atoms with van der Waals surface area (Å²) < 4.78 is 19.6. The zero-order valence-electron chi connectivity index (χ0n) is 12.8. The van der Waals surface area contributed by atoms with E-state index in [-0.39, 0.29) is 5.82 Å². The van der Waals surface area contributed by atoms with Gasteiger partial charge in [0.05, 0.1) is 6.54 Å². The van der Waals surface area contributed by atoms with Crippen LogP contribution in [0.25, 0.3) is 11.6 Å². The average molecular weight is 309 g/mol. The highest BCUT2D eigenvalue weighted by atomic mass is 19.1. The van der Waals surface area contributed by atoms with Gasteiger partial charge in [-0.1, -0.05) is 12.1 Å². The number of aryl methyl sites for hydroxylation is 1. The predicted octanol–water partition coefficient (Wildman–Crippen LogP) is 3.75. The lowest BCUT2D eigenvalue weighted by Crippen LogP contribution is -2.30. The molecule has 2 aromatic heterocycles. The summed E-state index contributed by atoms with van der Waals surface area (Å²) in [4.78, 5) is 11.0. The van der Waals surface area contributed by atoms with Crippen molar-refractivity contribution in [3.8, 4) is 11.6 Å². The molecule has 0 amide bonds. The van der Waals surface area contributed by atoms with E-state index < -0.39 is 0 Å². The molecular weight excluding hydrogens is 293 g/mol. The Morgan fingerprint density at radius 3 is 2.91 bits per heavy atom. The third kappa shape index (κ3) is 2.59. The molecule has 1 aliphatic rings. The maximum absolute atomic E-state index is 13.8. The summed E-state index contributed by atoms with van der Waals surface area (Å²) in [5.41, 5.74) is 3.17. The summed E-state index contributed by atoms with van der Waals surface area (Å²) in [6, 6.07) is 11.0. The zero-order chi connectivity index (χ0) is 15.8. The Hall–Kier alpha value is -2.69. The first-order chi connectivity index (χ1) is 11.2. The van der Waals surface area contributed by atoms with Crippen molar-refractivity contribution in [3.63, 3.8) is 0 Å². The summed E-state index contributed by atoms with van der Waals surface area (Å²) in [7, 11) is 0. The highest BCUT2D eigenvalue weighted by Gasteiger charge is 2.23. The van der Waals surface area contributed by atoms with Gasteiger partial charge in [0.2, 0.25) is 5.89 Å². The van der Waals surface area contributed by atoms with Crippen LogP contribution in [-0.2, 0) is 13.0 Å². The largest absolute Gasteiger partial charge is 0.439 e. The van der Waals surface area contributed by atoms with Gasteiger partial charge in [0.25, 0.3) is 0 Å². The second kappa shape index (κ2) is 5.50. The molecule has 0 aliphatic carbocycles. The predicted molar refractivity (Wildman–Crippen MR) is 85.6 cm³/mol. The second-order valence-electron chi connectivity index (χ2n) is 5.71. The van der Waals surface area contributed by atoms with Crippen LogP contribution in [0.2, 0.25) is 0 Å². The minimum absolute atomic E-state index is 0.178. The number of benzene rings is 1. The molecule has 0 radical (unpaired) electrons. The van der Waals surface area contributed by atoms with Crippen molar-refractivity contribution in [1.29, 1.82) is 0 Å². The van der Waals surface area contributed by atoms with E-state index in [0.29, 0.717) is 18.0 Å². The number of hydrogen-bond donors (Lipinski definition) is 0. The van der Waals surface area contributed by atoms with Crippen molar-refractivity contribution in [3.05, 3.63) is 65.4 Å². The monoisotopic (exact) mass is 309 g/mol. The van der Waals surface area contributed by atoms with Crippen LogP contribution in [0.1, 0.15) is 17.0 Å². The van der Waals surface area contributed by atoms with Gasteiger partial charge in [-0.2, -0.15) is 0 Å². The van der Waals surface area contributed by atoms with Gasteiger partial charge in [-0.25, -0.2) is 9.37 Å². The topological polar surface area (TPSA) is 42.2 Å². The Balaban J connectivity index is 1.62. The van der Waals surface area contributed by atoms with Crippen molar-refractivity contribution < 1.29 is 8.81 Å². The molecule has 3 aromatic rings. The molecule has 3 heterocycles. The molecule has 0 N–H and O–H groups in total. The van der Waals surface area contributed by atoms with Crippen molar-refractivity contribution in [2.45, 2.75) is 19.9 Å². The molecule has 1 aliphatic heterocycles. The van der Waals surface area contributed by atoms with Crippen molar-refractivity contribution in [2.75, 3.05) is 11.4 Å². The number of hydrogen-bond acceptors (Lipinski definition) is 4. The second-order valence-corrected chi connectivity index (χ2v) is 5.71. The Morgan fingerprint density at radius 1 is 1.22 bits per heavy atom. The number of oxazole rings is 1. The molecule has 0 fully saturated rings. The van der Waals surface area contributed by atoms with E-state index in [4.69, 9.17) is 4.42 Å². The van der Waals surface area contributed by atoms with E-state index in [1.165, 1.54) is 0 Å². The van der Waals surface area contributed by atoms with E-state index in [2.05, 4.69) is 14.9 Å². The normalized spacial score (nSPS) is 13.9. The van der Waals surface area contributed by atoms with E-state index in [1.807, 2.05) is 30.3 Å². The quantitative estimate of drug-likeness (QED) is 0.723. The number of pyridine rings is 1. The minimum Gasteiger partial charge on any atom is -0.439 e. The summed E-state index contributed by atoms with van der Waals surface area (Å²) in [6.07, 6.45) is 2.48. The highest BCUT2D eigenvalue weighted by Crippen LogP contribution is 2.28. The van der Waals surface area contributed by atoms with Crippen molar-refractivity contribution in [2.24, 2.45) is 0 Å². The van der Waals surface area contributed by atoms with Crippen LogP contribution in [0.3, 0.4) is 0 Å². The van der Waals surface area contributed by atoms with Crippen LogP contribution in [0.15, 0.2) is 47.0 Å². The molecule has 0 saturated carbocycles. The standard InChI is InChI=1S/C18H16FN3O/c1-12-5-6-13(10-14(12)19)22-9-7-17-16(11-22)21-18(23-17)15-4-2-3-8-20-15/h2-6,8,10H,7,9,11H2,1H3. The lowest BCUT2D eigenvalue weighted by atomic mass is 10.1. The Kier molecular flexibility index (Phi) is 3.33. The molecule has 0 unspecified atom stereocenters. The summed E-state index contributed by atoms with van der Waals surface area (Å²) in [5, 5.41) is 0. The van der Waals surface area contributed by atoms with Gasteiger partial charge >= 0.3 is 0 Å². The van der Waals surface area contributed by atoms with E-state index in [9.17, 15) is 4.39 Å². The van der Waals surface area contributed by atoms with Crippen LogP contribution in [-0.4, -0.2) is 16.5 Å². The zero-order valence-corrected chi connectivity index (χ0v) is 12.8. The molecule has 4 rings (SSSR count). The van der Waals surface area contributed by atoms with Crippen LogP contribution in [0.5, 0.6) is 0 Å². The maximum atomic E-state index is 13.8. The number of nitrogens with zero attached hydrogens (tertiary/aromatic N) is 3. The molecule has 1 aromatic carbocycles. The van der Waals surface area contributed by atoms with Crippen LogP contribution in [0, 0.1) is 12.7 Å². The fraction of sp³-hybridized carbons (Fsp3) is 0.222. The van der Waals surface area contributed by atoms with Crippen LogP contribution < -0.4 is 4.90 Å². The molecule has 0 saturated heterocycles. The van der Waals surface area contributed by atoms with E-state index in [0.717, 1.165) is 35.8 Å². The first-order valence-electron chi connectivity index (χ1n) is 7.62. The molecule has 0 atom stereocenters. The number of rotatable bonds is 2. The van der Waals surface area contributed by atoms with Gasteiger partial charge < -0.3 is 9.32 Å². The third-order valence-electron chi connectivity index (χ3n) is 4.13. The molecule has 4 nitrogen and oxygen atoms in total. The highest BCUT2D eigenvalue weighted by molar-refractivity contribution is 5.51. The van der Waals surface area contributed by atoms with Crippen LogP contribution in [0.4, 0.5) is 10.1 Å². The Morgan fingerprint density at radius 2 is 2.13 bits per heavy atom. The van der Waals surface area contributed by atoms with Gasteiger partial charge in [0.15, 0.2) is 0 Å². The van der Waals surface area contributed by atoms with Crippen molar-refractivity contribution >= 4 is 5.69 Å². The molecule has 5 heteroatoms.